The summed E-state index contributed by atoms with van der Waals surface area (Å²) in [7, 11) is 0. The molecule has 0 bridgehead atoms. The van der Waals surface area contributed by atoms with Crippen molar-refractivity contribution in [3.63, 3.8) is 0 Å². The zero-order valence-electron chi connectivity index (χ0n) is 10.3. The summed E-state index contributed by atoms with van der Waals surface area (Å²) in [6.07, 6.45) is 0.984. The van der Waals surface area contributed by atoms with Crippen LogP contribution in [0.4, 0.5) is 0 Å². The first kappa shape index (κ1) is 11.2. The highest BCUT2D eigenvalue weighted by molar-refractivity contribution is 5.81. The molecule has 1 amide bonds. The predicted octanol–water partition coefficient (Wildman–Crippen LogP) is 2.62. The van der Waals surface area contributed by atoms with E-state index in [0.29, 0.717) is 0 Å². The summed E-state index contributed by atoms with van der Waals surface area (Å²) in [5.41, 5.74) is 2.42. The van der Waals surface area contributed by atoms with Crippen LogP contribution in [0.3, 0.4) is 0 Å². The molecule has 0 radical (unpaired) electrons. The van der Waals surface area contributed by atoms with E-state index in [9.17, 15) is 4.79 Å². The Morgan fingerprint density at radius 1 is 1.19 bits per heavy atom. The number of rotatable bonds is 0. The van der Waals surface area contributed by atoms with Gasteiger partial charge in [0.25, 0.3) is 0 Å². The van der Waals surface area contributed by atoms with Gasteiger partial charge < -0.3 is 4.90 Å². The summed E-state index contributed by atoms with van der Waals surface area (Å²) in [4.78, 5) is 14.1. The van der Waals surface area contributed by atoms with Gasteiger partial charge in [-0.3, -0.25) is 4.79 Å². The molecule has 2 heteroatoms. The molecule has 1 aliphatic rings. The maximum absolute atomic E-state index is 12.2. The molecule has 16 heavy (non-hydrogen) atoms. The van der Waals surface area contributed by atoms with E-state index in [2.05, 4.69) is 18.2 Å². The number of fused-ring (bicyclic) bond motifs is 1. The molecule has 0 atom stereocenters. The van der Waals surface area contributed by atoms with E-state index in [1.54, 1.807) is 0 Å². The summed E-state index contributed by atoms with van der Waals surface area (Å²) in [5.74, 6) is 0.252. The fourth-order valence-corrected chi connectivity index (χ4v) is 2.14. The van der Waals surface area contributed by atoms with Crippen molar-refractivity contribution in [1.82, 2.24) is 4.90 Å². The van der Waals surface area contributed by atoms with Gasteiger partial charge in [0.1, 0.15) is 0 Å². The average molecular weight is 217 g/mol. The third-order valence-corrected chi connectivity index (χ3v) is 3.06. The fourth-order valence-electron chi connectivity index (χ4n) is 2.14. The van der Waals surface area contributed by atoms with E-state index in [4.69, 9.17) is 0 Å². The zero-order chi connectivity index (χ0) is 11.8. The fraction of sp³-hybridized carbons (Fsp3) is 0.500. The quantitative estimate of drug-likeness (QED) is 0.654. The van der Waals surface area contributed by atoms with Crippen molar-refractivity contribution in [1.29, 1.82) is 0 Å². The molecule has 0 aromatic heterocycles. The predicted molar refractivity (Wildman–Crippen MR) is 65.0 cm³/mol. The van der Waals surface area contributed by atoms with Crippen molar-refractivity contribution >= 4 is 5.91 Å². The Kier molecular flexibility index (Phi) is 2.75. The first-order valence-electron chi connectivity index (χ1n) is 5.84. The van der Waals surface area contributed by atoms with Crippen molar-refractivity contribution in [3.05, 3.63) is 35.4 Å². The molecule has 0 aliphatic carbocycles. The van der Waals surface area contributed by atoms with Crippen LogP contribution in [0.1, 0.15) is 31.9 Å². The van der Waals surface area contributed by atoms with Gasteiger partial charge in [-0.05, 0) is 17.5 Å². The lowest BCUT2D eigenvalue weighted by Crippen LogP contribution is -2.42. The molecule has 0 spiro atoms. The summed E-state index contributed by atoms with van der Waals surface area (Å²) in [6, 6.07) is 8.40. The highest BCUT2D eigenvalue weighted by Gasteiger charge is 2.29. The van der Waals surface area contributed by atoms with Gasteiger partial charge in [0.2, 0.25) is 5.91 Å². The summed E-state index contributed by atoms with van der Waals surface area (Å²) in [6.45, 7) is 7.57. The average Bonchev–Trinajstić information content (AvgIpc) is 2.26. The molecule has 1 aromatic rings. The van der Waals surface area contributed by atoms with Crippen LogP contribution >= 0.6 is 0 Å². The summed E-state index contributed by atoms with van der Waals surface area (Å²) in [5, 5.41) is 0. The smallest absolute Gasteiger partial charge is 0.228 e. The van der Waals surface area contributed by atoms with Crippen LogP contribution in [0.25, 0.3) is 0 Å². The van der Waals surface area contributed by atoms with Crippen molar-refractivity contribution in [2.24, 2.45) is 5.41 Å². The van der Waals surface area contributed by atoms with Crippen LogP contribution in [0, 0.1) is 5.41 Å². The molecule has 86 valence electrons. The normalized spacial score (nSPS) is 15.8. The number of nitrogens with zero attached hydrogens (tertiary/aromatic N) is 1. The van der Waals surface area contributed by atoms with Crippen LogP contribution in [-0.4, -0.2) is 17.4 Å². The largest absolute Gasteiger partial charge is 0.338 e. The molecule has 2 nitrogen and oxygen atoms in total. The SMILES string of the molecule is CC(C)(C)C(=O)N1CCc2ccccc2C1. The van der Waals surface area contributed by atoms with E-state index >= 15 is 0 Å². The highest BCUT2D eigenvalue weighted by Crippen LogP contribution is 2.24. The van der Waals surface area contributed by atoms with Gasteiger partial charge >= 0.3 is 0 Å². The van der Waals surface area contributed by atoms with Gasteiger partial charge in [-0.15, -0.1) is 0 Å². The number of carbonyl (C=O) groups is 1. The zero-order valence-corrected chi connectivity index (χ0v) is 10.3. The molecular formula is C14H19NO. The number of amides is 1. The number of benzene rings is 1. The molecule has 0 saturated heterocycles. The molecule has 2 rings (SSSR count). The molecule has 0 N–H and O–H groups in total. The lowest BCUT2D eigenvalue weighted by molar-refractivity contribution is -0.140. The van der Waals surface area contributed by atoms with Gasteiger partial charge in [-0.25, -0.2) is 0 Å². The Labute approximate surface area is 97.3 Å². The minimum atomic E-state index is -0.272. The number of hydrogen-bond donors (Lipinski definition) is 0. The molecule has 0 saturated carbocycles. The standard InChI is InChI=1S/C14H19NO/c1-14(2,3)13(16)15-9-8-11-6-4-5-7-12(11)10-15/h4-7H,8-10H2,1-3H3. The minimum absolute atomic E-state index is 0.252. The maximum atomic E-state index is 12.2. The third kappa shape index (κ3) is 2.11. The first-order valence-corrected chi connectivity index (χ1v) is 5.84. The van der Waals surface area contributed by atoms with Crippen LogP contribution in [-0.2, 0) is 17.8 Å². The molecular weight excluding hydrogens is 198 g/mol. The number of hydrogen-bond acceptors (Lipinski definition) is 1. The van der Waals surface area contributed by atoms with Gasteiger partial charge in [-0.2, -0.15) is 0 Å². The lowest BCUT2D eigenvalue weighted by atomic mass is 9.92. The second-order valence-corrected chi connectivity index (χ2v) is 5.50. The van der Waals surface area contributed by atoms with Crippen molar-refractivity contribution in [2.75, 3.05) is 6.54 Å². The van der Waals surface area contributed by atoms with Crippen molar-refractivity contribution in [2.45, 2.75) is 33.7 Å². The molecule has 0 fully saturated rings. The summed E-state index contributed by atoms with van der Waals surface area (Å²) >= 11 is 0. The molecule has 1 aliphatic heterocycles. The van der Waals surface area contributed by atoms with Crippen LogP contribution < -0.4 is 0 Å². The van der Waals surface area contributed by atoms with E-state index in [0.717, 1.165) is 19.5 Å². The highest BCUT2D eigenvalue weighted by atomic mass is 16.2. The third-order valence-electron chi connectivity index (χ3n) is 3.06. The first-order chi connectivity index (χ1) is 7.48. The van der Waals surface area contributed by atoms with E-state index in [-0.39, 0.29) is 11.3 Å². The Morgan fingerprint density at radius 2 is 1.81 bits per heavy atom. The second kappa shape index (κ2) is 3.93. The molecule has 1 heterocycles. The lowest BCUT2D eigenvalue weighted by Gasteiger charge is -2.33. The Morgan fingerprint density at radius 3 is 2.44 bits per heavy atom. The van der Waals surface area contributed by atoms with Crippen LogP contribution in [0.15, 0.2) is 24.3 Å². The van der Waals surface area contributed by atoms with Gasteiger partial charge in [-0.1, -0.05) is 45.0 Å². The topological polar surface area (TPSA) is 20.3 Å². The summed E-state index contributed by atoms with van der Waals surface area (Å²) < 4.78 is 0. The maximum Gasteiger partial charge on any atom is 0.228 e. The van der Waals surface area contributed by atoms with E-state index in [1.807, 2.05) is 31.7 Å². The second-order valence-electron chi connectivity index (χ2n) is 5.50. The van der Waals surface area contributed by atoms with E-state index < -0.39 is 0 Å². The number of carbonyl (C=O) groups excluding carboxylic acids is 1. The van der Waals surface area contributed by atoms with Crippen LogP contribution in [0.2, 0.25) is 0 Å². The molecule has 0 unspecified atom stereocenters. The Bertz CT molecular complexity index is 403. The monoisotopic (exact) mass is 217 g/mol. The minimum Gasteiger partial charge on any atom is -0.338 e. The van der Waals surface area contributed by atoms with Gasteiger partial charge in [0.05, 0.1) is 0 Å². The van der Waals surface area contributed by atoms with Gasteiger partial charge in [0.15, 0.2) is 0 Å². The van der Waals surface area contributed by atoms with E-state index in [1.165, 1.54) is 11.1 Å². The van der Waals surface area contributed by atoms with Crippen molar-refractivity contribution in [3.8, 4) is 0 Å². The molecule has 1 aromatic carbocycles. The Hall–Kier alpha value is -1.31. The van der Waals surface area contributed by atoms with Gasteiger partial charge in [0, 0.05) is 18.5 Å². The Balaban J connectivity index is 2.17. The van der Waals surface area contributed by atoms with Crippen LogP contribution in [0.5, 0.6) is 0 Å². The van der Waals surface area contributed by atoms with Crippen molar-refractivity contribution < 1.29 is 4.79 Å².